The number of anilines is 1. The zero-order chi connectivity index (χ0) is 15.4. The number of aromatic nitrogens is 2. The average molecular weight is 314 g/mol. The van der Waals surface area contributed by atoms with Crippen LogP contribution in [0.25, 0.3) is 0 Å². The van der Waals surface area contributed by atoms with Gasteiger partial charge in [-0.15, -0.1) is 0 Å². The average Bonchev–Trinajstić information content (AvgIpc) is 2.45. The molecule has 1 aromatic rings. The van der Waals surface area contributed by atoms with Gasteiger partial charge in [0, 0.05) is 25.8 Å². The Morgan fingerprint density at radius 2 is 2.14 bits per heavy atom. The molecule has 1 saturated heterocycles. The van der Waals surface area contributed by atoms with Crippen molar-refractivity contribution in [2.45, 2.75) is 12.8 Å². The Bertz CT molecular complexity index is 546. The molecule has 0 radical (unpaired) electrons. The van der Waals surface area contributed by atoms with Crippen molar-refractivity contribution in [1.29, 1.82) is 0 Å². The maximum absolute atomic E-state index is 11.3. The second-order valence-electron chi connectivity index (χ2n) is 4.86. The third-order valence-electron chi connectivity index (χ3n) is 3.47. The van der Waals surface area contributed by atoms with Gasteiger partial charge >= 0.3 is 6.09 Å². The van der Waals surface area contributed by atoms with Crippen LogP contribution in [0.15, 0.2) is 6.20 Å². The van der Waals surface area contributed by atoms with Gasteiger partial charge in [0.2, 0.25) is 5.28 Å². The van der Waals surface area contributed by atoms with Crippen molar-refractivity contribution in [3.8, 4) is 0 Å². The topological polar surface area (TPSA) is 121 Å². The first-order chi connectivity index (χ1) is 9.97. The molecule has 1 aliphatic rings. The van der Waals surface area contributed by atoms with Gasteiger partial charge in [-0.1, -0.05) is 0 Å². The Morgan fingerprint density at radius 3 is 2.71 bits per heavy atom. The van der Waals surface area contributed by atoms with E-state index in [0.29, 0.717) is 31.4 Å². The molecule has 1 aliphatic heterocycles. The van der Waals surface area contributed by atoms with E-state index in [9.17, 15) is 9.59 Å². The summed E-state index contributed by atoms with van der Waals surface area (Å²) in [5.74, 6) is -0.0203. The summed E-state index contributed by atoms with van der Waals surface area (Å²) in [6.07, 6.45) is 1.90. The summed E-state index contributed by atoms with van der Waals surface area (Å²) in [7, 11) is 0. The fourth-order valence-corrected chi connectivity index (χ4v) is 2.38. The predicted octanol–water partition coefficient (Wildman–Crippen LogP) is 1.03. The second-order valence-corrected chi connectivity index (χ2v) is 5.20. The summed E-state index contributed by atoms with van der Waals surface area (Å²) >= 11 is 5.71. The lowest BCUT2D eigenvalue weighted by atomic mass is 9.97. The quantitative estimate of drug-likeness (QED) is 0.714. The van der Waals surface area contributed by atoms with Crippen LogP contribution >= 0.6 is 11.6 Å². The smallest absolute Gasteiger partial charge is 0.407 e. The number of rotatable bonds is 4. The minimum absolute atomic E-state index is 0.0307. The molecule has 114 valence electrons. The highest BCUT2D eigenvalue weighted by Crippen LogP contribution is 2.19. The summed E-state index contributed by atoms with van der Waals surface area (Å²) in [4.78, 5) is 31.2. The van der Waals surface area contributed by atoms with Gasteiger partial charge in [0.25, 0.3) is 5.91 Å². The van der Waals surface area contributed by atoms with Gasteiger partial charge < -0.3 is 21.1 Å². The lowest BCUT2D eigenvalue weighted by Gasteiger charge is -2.30. The molecule has 21 heavy (non-hydrogen) atoms. The van der Waals surface area contributed by atoms with Crippen LogP contribution in [-0.2, 0) is 0 Å². The van der Waals surface area contributed by atoms with E-state index >= 15 is 0 Å². The highest BCUT2D eigenvalue weighted by molar-refractivity contribution is 6.28. The summed E-state index contributed by atoms with van der Waals surface area (Å²) in [5.41, 5.74) is 5.43. The summed E-state index contributed by atoms with van der Waals surface area (Å²) in [5, 5.41) is 12.0. The number of carbonyl (C=O) groups is 2. The summed E-state index contributed by atoms with van der Waals surface area (Å²) < 4.78 is 0. The molecule has 2 rings (SSSR count). The molecular weight excluding hydrogens is 298 g/mol. The van der Waals surface area contributed by atoms with E-state index in [0.717, 1.165) is 12.8 Å². The molecule has 1 fully saturated rings. The van der Waals surface area contributed by atoms with Crippen LogP contribution in [-0.4, -0.2) is 51.6 Å². The Hall–Kier alpha value is -2.09. The van der Waals surface area contributed by atoms with Crippen molar-refractivity contribution in [3.63, 3.8) is 0 Å². The van der Waals surface area contributed by atoms with Crippen molar-refractivity contribution in [3.05, 3.63) is 17.0 Å². The molecule has 2 heterocycles. The van der Waals surface area contributed by atoms with Gasteiger partial charge in [-0.05, 0) is 30.4 Å². The highest BCUT2D eigenvalue weighted by Gasteiger charge is 2.22. The normalized spacial score (nSPS) is 15.8. The van der Waals surface area contributed by atoms with E-state index in [1.165, 1.54) is 11.1 Å². The highest BCUT2D eigenvalue weighted by atomic mass is 35.5. The van der Waals surface area contributed by atoms with E-state index in [1.807, 2.05) is 0 Å². The van der Waals surface area contributed by atoms with Crippen LogP contribution < -0.4 is 11.1 Å². The van der Waals surface area contributed by atoms with E-state index < -0.39 is 12.0 Å². The van der Waals surface area contributed by atoms with Gasteiger partial charge in [0.15, 0.2) is 0 Å². The molecule has 0 unspecified atom stereocenters. The first kappa shape index (κ1) is 15.3. The monoisotopic (exact) mass is 313 g/mol. The van der Waals surface area contributed by atoms with E-state index in [2.05, 4.69) is 15.3 Å². The number of nitrogens with two attached hydrogens (primary N) is 1. The number of nitrogens with one attached hydrogen (secondary N) is 1. The minimum atomic E-state index is -0.889. The predicted molar refractivity (Wildman–Crippen MR) is 76.4 cm³/mol. The number of likely N-dealkylation sites (tertiary alicyclic amines) is 1. The van der Waals surface area contributed by atoms with Crippen molar-refractivity contribution in [2.24, 2.45) is 11.7 Å². The molecule has 4 N–H and O–H groups in total. The molecule has 0 spiro atoms. The van der Waals surface area contributed by atoms with Gasteiger partial charge in [-0.25, -0.2) is 9.78 Å². The first-order valence-electron chi connectivity index (χ1n) is 6.51. The second kappa shape index (κ2) is 6.57. The van der Waals surface area contributed by atoms with Crippen LogP contribution in [0.3, 0.4) is 0 Å². The number of nitrogens with zero attached hydrogens (tertiary/aromatic N) is 3. The van der Waals surface area contributed by atoms with E-state index in [1.54, 1.807) is 0 Å². The van der Waals surface area contributed by atoms with Gasteiger partial charge in [-0.2, -0.15) is 4.98 Å². The lowest BCUT2D eigenvalue weighted by Crippen LogP contribution is -2.39. The van der Waals surface area contributed by atoms with Gasteiger partial charge in [-0.3, -0.25) is 4.79 Å². The number of hydrogen-bond acceptors (Lipinski definition) is 5. The molecular formula is C12H16ClN5O3. The molecule has 0 aliphatic carbocycles. The fourth-order valence-electron chi connectivity index (χ4n) is 2.24. The maximum Gasteiger partial charge on any atom is 0.407 e. The van der Waals surface area contributed by atoms with E-state index in [-0.39, 0.29) is 10.8 Å². The van der Waals surface area contributed by atoms with Crippen LogP contribution in [0, 0.1) is 5.92 Å². The number of piperidine rings is 1. The van der Waals surface area contributed by atoms with Crippen LogP contribution in [0.1, 0.15) is 23.2 Å². The largest absolute Gasteiger partial charge is 0.465 e. The fraction of sp³-hybridized carbons (Fsp3) is 0.500. The Balaban J connectivity index is 1.93. The maximum atomic E-state index is 11.3. The number of carbonyl (C=O) groups excluding carboxylic acids is 1. The number of hydrogen-bond donors (Lipinski definition) is 3. The molecule has 9 heteroatoms. The van der Waals surface area contributed by atoms with E-state index in [4.69, 9.17) is 22.4 Å². The van der Waals surface area contributed by atoms with Crippen LogP contribution in [0.4, 0.5) is 10.6 Å². The van der Waals surface area contributed by atoms with Crippen molar-refractivity contribution >= 4 is 29.4 Å². The molecule has 2 amide bonds. The number of carboxylic acid groups (broad SMARTS) is 1. The zero-order valence-electron chi connectivity index (χ0n) is 11.3. The lowest BCUT2D eigenvalue weighted by molar-refractivity contribution is 0.1000. The van der Waals surface area contributed by atoms with Crippen molar-refractivity contribution in [1.82, 2.24) is 14.9 Å². The summed E-state index contributed by atoms with van der Waals surface area (Å²) in [6.45, 7) is 1.59. The number of amides is 2. The molecule has 0 atom stereocenters. The Labute approximate surface area is 126 Å². The number of halogens is 1. The SMILES string of the molecule is NC(=O)c1cnc(Cl)nc1NCC1CCN(C(=O)O)CC1. The zero-order valence-corrected chi connectivity index (χ0v) is 12.0. The first-order valence-corrected chi connectivity index (χ1v) is 6.89. The molecule has 8 nitrogen and oxygen atoms in total. The third kappa shape index (κ3) is 3.94. The molecule has 0 aromatic carbocycles. The minimum Gasteiger partial charge on any atom is -0.465 e. The molecule has 1 aromatic heterocycles. The van der Waals surface area contributed by atoms with Crippen molar-refractivity contribution in [2.75, 3.05) is 25.0 Å². The molecule has 0 saturated carbocycles. The summed E-state index contributed by atoms with van der Waals surface area (Å²) in [6, 6.07) is 0. The Morgan fingerprint density at radius 1 is 1.48 bits per heavy atom. The Kier molecular flexibility index (Phi) is 4.79. The van der Waals surface area contributed by atoms with Crippen LogP contribution in [0.2, 0.25) is 5.28 Å². The standard InChI is InChI=1S/C12H16ClN5O3/c13-11-16-6-8(9(14)19)10(17-11)15-5-7-1-3-18(4-2-7)12(20)21/h6-7H,1-5H2,(H2,14,19)(H,20,21)(H,15,16,17). The molecule has 0 bridgehead atoms. The van der Waals surface area contributed by atoms with Gasteiger partial charge in [0.05, 0.1) is 5.56 Å². The number of primary amides is 1. The van der Waals surface area contributed by atoms with Crippen molar-refractivity contribution < 1.29 is 14.7 Å². The van der Waals surface area contributed by atoms with Crippen LogP contribution in [0.5, 0.6) is 0 Å². The third-order valence-corrected chi connectivity index (χ3v) is 3.65. The van der Waals surface area contributed by atoms with Gasteiger partial charge in [0.1, 0.15) is 5.82 Å².